The highest BCUT2D eigenvalue weighted by molar-refractivity contribution is 5.55. The Kier molecular flexibility index (Phi) is 3.91. The molecule has 0 amide bonds. The first-order valence-corrected chi connectivity index (χ1v) is 7.16. The van der Waals surface area contributed by atoms with E-state index in [9.17, 15) is 14.5 Å². The van der Waals surface area contributed by atoms with Crippen LogP contribution in [0.15, 0.2) is 42.5 Å². The first kappa shape index (κ1) is 14.3. The zero-order chi connectivity index (χ0) is 15.5. The van der Waals surface area contributed by atoms with Crippen LogP contribution in [-0.4, -0.2) is 17.5 Å². The molecule has 0 saturated carbocycles. The highest BCUT2D eigenvalue weighted by Gasteiger charge is 2.18. The largest absolute Gasteiger partial charge is 0.381 e. The van der Waals surface area contributed by atoms with Gasteiger partial charge in [0.2, 0.25) is 0 Å². The van der Waals surface area contributed by atoms with Crippen molar-refractivity contribution in [2.75, 3.05) is 17.2 Å². The van der Waals surface area contributed by atoms with Crippen molar-refractivity contribution in [1.82, 2.24) is 0 Å². The van der Waals surface area contributed by atoms with Crippen LogP contribution in [0, 0.1) is 15.9 Å². The van der Waals surface area contributed by atoms with Crippen LogP contribution in [0.2, 0.25) is 0 Å². The number of nitro groups is 1. The zero-order valence-corrected chi connectivity index (χ0v) is 11.9. The highest BCUT2D eigenvalue weighted by Crippen LogP contribution is 2.25. The number of fused-ring (bicyclic) bond motifs is 1. The average Bonchev–Trinajstić information content (AvgIpc) is 2.53. The first-order valence-electron chi connectivity index (χ1n) is 7.16. The molecule has 0 aromatic heterocycles. The number of nitrogens with one attached hydrogen (secondary N) is 2. The van der Waals surface area contributed by atoms with Crippen LogP contribution < -0.4 is 10.6 Å². The van der Waals surface area contributed by atoms with Gasteiger partial charge in [-0.05, 0) is 30.5 Å². The molecule has 6 heteroatoms. The summed E-state index contributed by atoms with van der Waals surface area (Å²) >= 11 is 0. The topological polar surface area (TPSA) is 67.2 Å². The molecule has 0 bridgehead atoms. The minimum absolute atomic E-state index is 0.199. The maximum Gasteiger partial charge on any atom is 0.272 e. The van der Waals surface area contributed by atoms with E-state index in [1.165, 1.54) is 17.7 Å². The number of hydrogen-bond acceptors (Lipinski definition) is 4. The Morgan fingerprint density at radius 2 is 2.14 bits per heavy atom. The normalized spacial score (nSPS) is 16.5. The Labute approximate surface area is 127 Å². The van der Waals surface area contributed by atoms with Gasteiger partial charge < -0.3 is 10.6 Å². The van der Waals surface area contributed by atoms with Gasteiger partial charge >= 0.3 is 0 Å². The van der Waals surface area contributed by atoms with Crippen LogP contribution in [0.3, 0.4) is 0 Å². The van der Waals surface area contributed by atoms with Crippen LogP contribution in [-0.2, 0) is 6.42 Å². The summed E-state index contributed by atoms with van der Waals surface area (Å²) in [5, 5.41) is 17.0. The maximum absolute atomic E-state index is 13.8. The maximum atomic E-state index is 13.8. The zero-order valence-electron chi connectivity index (χ0n) is 11.9. The molecule has 22 heavy (non-hydrogen) atoms. The van der Waals surface area contributed by atoms with Gasteiger partial charge in [-0.15, -0.1) is 0 Å². The van der Waals surface area contributed by atoms with E-state index in [-0.39, 0.29) is 17.4 Å². The summed E-state index contributed by atoms with van der Waals surface area (Å²) in [6, 6.07) is 12.0. The van der Waals surface area contributed by atoms with Gasteiger partial charge in [-0.2, -0.15) is 0 Å². The van der Waals surface area contributed by atoms with Crippen molar-refractivity contribution < 1.29 is 9.31 Å². The molecule has 0 spiro atoms. The number of benzene rings is 2. The second-order valence-corrected chi connectivity index (χ2v) is 5.34. The molecular formula is C16H16FN3O2. The Balaban J connectivity index is 1.63. The van der Waals surface area contributed by atoms with Gasteiger partial charge in [-0.1, -0.05) is 18.2 Å². The molecule has 2 aromatic rings. The molecule has 0 fully saturated rings. The first-order chi connectivity index (χ1) is 10.6. The summed E-state index contributed by atoms with van der Waals surface area (Å²) in [6.45, 7) is 0.559. The quantitative estimate of drug-likeness (QED) is 0.669. The standard InChI is InChI=1S/C16H16FN3O2/c17-14-9-13(20(21)22)7-8-16(14)18-10-12-6-5-11-3-1-2-4-15(11)19-12/h1-4,7-9,12,18-19H,5-6,10H2. The van der Waals surface area contributed by atoms with Gasteiger partial charge in [-0.25, -0.2) is 4.39 Å². The predicted molar refractivity (Wildman–Crippen MR) is 83.7 cm³/mol. The number of nitrogens with zero attached hydrogens (tertiary/aromatic N) is 1. The van der Waals surface area contributed by atoms with Gasteiger partial charge in [0, 0.05) is 24.3 Å². The Bertz CT molecular complexity index is 706. The van der Waals surface area contributed by atoms with Gasteiger partial charge in [0.05, 0.1) is 16.7 Å². The summed E-state index contributed by atoms with van der Waals surface area (Å²) in [5.74, 6) is -0.606. The predicted octanol–water partition coefficient (Wildman–Crippen LogP) is 3.57. The third-order valence-corrected chi connectivity index (χ3v) is 3.84. The molecule has 0 radical (unpaired) electrons. The SMILES string of the molecule is O=[N+]([O-])c1ccc(NCC2CCc3ccccc3N2)c(F)c1. The molecule has 5 nitrogen and oxygen atoms in total. The van der Waals surface area contributed by atoms with Crippen LogP contribution in [0.5, 0.6) is 0 Å². The van der Waals surface area contributed by atoms with Gasteiger partial charge in [-0.3, -0.25) is 10.1 Å². The number of nitro benzene ring substituents is 1. The Hall–Kier alpha value is -2.63. The lowest BCUT2D eigenvalue weighted by atomic mass is 9.98. The number of non-ortho nitro benzene ring substituents is 1. The number of anilines is 2. The Morgan fingerprint density at radius 1 is 1.32 bits per heavy atom. The number of aryl methyl sites for hydroxylation is 1. The lowest BCUT2D eigenvalue weighted by Gasteiger charge is -2.27. The van der Waals surface area contributed by atoms with Crippen LogP contribution >= 0.6 is 0 Å². The summed E-state index contributed by atoms with van der Waals surface area (Å²) in [5.41, 5.74) is 2.45. The summed E-state index contributed by atoms with van der Waals surface area (Å²) in [4.78, 5) is 9.99. The van der Waals surface area contributed by atoms with Crippen molar-refractivity contribution in [3.8, 4) is 0 Å². The van der Waals surface area contributed by atoms with E-state index < -0.39 is 10.7 Å². The molecule has 2 aromatic carbocycles. The van der Waals surface area contributed by atoms with Gasteiger partial charge in [0.1, 0.15) is 0 Å². The minimum Gasteiger partial charge on any atom is -0.381 e. The fourth-order valence-electron chi connectivity index (χ4n) is 2.65. The van der Waals surface area contributed by atoms with Crippen molar-refractivity contribution in [3.05, 3.63) is 64.0 Å². The molecule has 3 rings (SSSR count). The molecule has 0 aliphatic carbocycles. The van der Waals surface area contributed by atoms with E-state index in [0.717, 1.165) is 24.6 Å². The number of halogens is 1. The molecule has 1 aliphatic rings. The summed E-state index contributed by atoms with van der Waals surface area (Å²) < 4.78 is 13.8. The van der Waals surface area contributed by atoms with E-state index in [1.807, 2.05) is 18.2 Å². The van der Waals surface area contributed by atoms with E-state index in [1.54, 1.807) is 0 Å². The molecule has 0 saturated heterocycles. The minimum atomic E-state index is -0.606. The van der Waals surface area contributed by atoms with Crippen molar-refractivity contribution in [3.63, 3.8) is 0 Å². The second kappa shape index (κ2) is 6.01. The molecular weight excluding hydrogens is 285 g/mol. The smallest absolute Gasteiger partial charge is 0.272 e. The second-order valence-electron chi connectivity index (χ2n) is 5.34. The lowest BCUT2D eigenvalue weighted by molar-refractivity contribution is -0.385. The third-order valence-electron chi connectivity index (χ3n) is 3.84. The molecule has 1 aliphatic heterocycles. The van der Waals surface area contributed by atoms with Crippen molar-refractivity contribution in [1.29, 1.82) is 0 Å². The van der Waals surface area contributed by atoms with E-state index in [4.69, 9.17) is 0 Å². The number of rotatable bonds is 4. The molecule has 114 valence electrons. The highest BCUT2D eigenvalue weighted by atomic mass is 19.1. The molecule has 1 heterocycles. The average molecular weight is 301 g/mol. The van der Waals surface area contributed by atoms with Crippen LogP contribution in [0.1, 0.15) is 12.0 Å². The molecule has 2 N–H and O–H groups in total. The number of hydrogen-bond donors (Lipinski definition) is 2. The van der Waals surface area contributed by atoms with Gasteiger partial charge in [0.25, 0.3) is 5.69 Å². The molecule has 1 atom stereocenters. The third kappa shape index (κ3) is 3.00. The monoisotopic (exact) mass is 301 g/mol. The van der Waals surface area contributed by atoms with Crippen molar-refractivity contribution >= 4 is 17.1 Å². The fourth-order valence-corrected chi connectivity index (χ4v) is 2.65. The molecule has 1 unspecified atom stereocenters. The van der Waals surface area contributed by atoms with Gasteiger partial charge in [0.15, 0.2) is 5.82 Å². The summed E-state index contributed by atoms with van der Waals surface area (Å²) in [7, 11) is 0. The van der Waals surface area contributed by atoms with E-state index in [2.05, 4.69) is 16.7 Å². The van der Waals surface area contributed by atoms with Crippen LogP contribution in [0.25, 0.3) is 0 Å². The Morgan fingerprint density at radius 3 is 2.91 bits per heavy atom. The van der Waals surface area contributed by atoms with E-state index >= 15 is 0 Å². The number of para-hydroxylation sites is 1. The van der Waals surface area contributed by atoms with Crippen molar-refractivity contribution in [2.45, 2.75) is 18.9 Å². The van der Waals surface area contributed by atoms with Crippen LogP contribution in [0.4, 0.5) is 21.5 Å². The summed E-state index contributed by atoms with van der Waals surface area (Å²) in [6.07, 6.45) is 1.94. The van der Waals surface area contributed by atoms with E-state index in [0.29, 0.717) is 6.54 Å². The lowest BCUT2D eigenvalue weighted by Crippen LogP contribution is -2.32. The fraction of sp³-hybridized carbons (Fsp3) is 0.250. The van der Waals surface area contributed by atoms with Crippen molar-refractivity contribution in [2.24, 2.45) is 0 Å².